The van der Waals surface area contributed by atoms with Gasteiger partial charge in [-0.15, -0.1) is 10.2 Å². The molecule has 1 aliphatic rings. The summed E-state index contributed by atoms with van der Waals surface area (Å²) in [6.07, 6.45) is -1.78. The van der Waals surface area contributed by atoms with Gasteiger partial charge in [0.1, 0.15) is 5.82 Å². The van der Waals surface area contributed by atoms with Crippen molar-refractivity contribution in [2.75, 3.05) is 6.54 Å². The SMILES string of the molecule is NCCC1CCCc2nnc(C(F)(F)F)n21. The highest BCUT2D eigenvalue weighted by Crippen LogP contribution is 2.35. The standard InChI is InChI=1S/C9H13F3N4/c10-9(11,12)8-15-14-7-3-1-2-6(4-5-13)16(7)8/h6H,1-5,13H2. The van der Waals surface area contributed by atoms with Crippen LogP contribution in [0, 0.1) is 0 Å². The molecule has 0 aliphatic carbocycles. The first-order chi connectivity index (χ1) is 7.54. The van der Waals surface area contributed by atoms with Gasteiger partial charge in [-0.05, 0) is 25.8 Å². The van der Waals surface area contributed by atoms with Crippen LogP contribution in [0.2, 0.25) is 0 Å². The van der Waals surface area contributed by atoms with Crippen molar-refractivity contribution in [3.05, 3.63) is 11.6 Å². The fourth-order valence-corrected chi connectivity index (χ4v) is 2.16. The quantitative estimate of drug-likeness (QED) is 0.844. The van der Waals surface area contributed by atoms with E-state index in [0.717, 1.165) is 6.42 Å². The molecule has 2 rings (SSSR count). The number of fused-ring (bicyclic) bond motifs is 1. The van der Waals surface area contributed by atoms with Gasteiger partial charge in [0.25, 0.3) is 0 Å². The monoisotopic (exact) mass is 234 g/mol. The third kappa shape index (κ3) is 1.91. The van der Waals surface area contributed by atoms with Gasteiger partial charge >= 0.3 is 6.18 Å². The number of rotatable bonds is 2. The molecule has 0 saturated heterocycles. The summed E-state index contributed by atoms with van der Waals surface area (Å²) in [5.41, 5.74) is 5.41. The zero-order valence-electron chi connectivity index (χ0n) is 8.67. The van der Waals surface area contributed by atoms with Crippen LogP contribution in [0.4, 0.5) is 13.2 Å². The topological polar surface area (TPSA) is 56.7 Å². The highest BCUT2D eigenvalue weighted by Gasteiger charge is 2.40. The van der Waals surface area contributed by atoms with Gasteiger partial charge in [0.05, 0.1) is 0 Å². The Morgan fingerprint density at radius 3 is 2.75 bits per heavy atom. The lowest BCUT2D eigenvalue weighted by Gasteiger charge is -2.26. The van der Waals surface area contributed by atoms with Crippen LogP contribution in [0.15, 0.2) is 0 Å². The smallest absolute Gasteiger partial charge is 0.330 e. The second-order valence-corrected chi connectivity index (χ2v) is 3.93. The average molecular weight is 234 g/mol. The van der Waals surface area contributed by atoms with Crippen molar-refractivity contribution in [2.24, 2.45) is 5.73 Å². The lowest BCUT2D eigenvalue weighted by molar-refractivity contribution is -0.148. The number of alkyl halides is 3. The Hall–Kier alpha value is -1.11. The van der Waals surface area contributed by atoms with Gasteiger partial charge in [0.15, 0.2) is 0 Å². The molecule has 1 atom stereocenters. The summed E-state index contributed by atoms with van der Waals surface area (Å²) in [6, 6.07) is -0.208. The summed E-state index contributed by atoms with van der Waals surface area (Å²) in [5, 5.41) is 6.86. The largest absolute Gasteiger partial charge is 0.451 e. The van der Waals surface area contributed by atoms with Gasteiger partial charge in [-0.3, -0.25) is 0 Å². The highest BCUT2D eigenvalue weighted by molar-refractivity contribution is 5.05. The first-order valence-corrected chi connectivity index (χ1v) is 5.25. The van der Waals surface area contributed by atoms with Crippen molar-refractivity contribution in [3.63, 3.8) is 0 Å². The number of nitrogens with two attached hydrogens (primary N) is 1. The molecule has 1 aromatic rings. The normalized spacial score (nSPS) is 20.9. The molecule has 0 bridgehead atoms. The fraction of sp³-hybridized carbons (Fsp3) is 0.778. The Bertz CT molecular complexity index is 371. The molecular weight excluding hydrogens is 221 g/mol. The molecule has 0 radical (unpaired) electrons. The van der Waals surface area contributed by atoms with E-state index in [-0.39, 0.29) is 6.04 Å². The van der Waals surface area contributed by atoms with Crippen molar-refractivity contribution in [2.45, 2.75) is 37.9 Å². The first-order valence-electron chi connectivity index (χ1n) is 5.25. The summed E-state index contributed by atoms with van der Waals surface area (Å²) in [7, 11) is 0. The maximum absolute atomic E-state index is 12.7. The van der Waals surface area contributed by atoms with Gasteiger partial charge in [0.2, 0.25) is 5.82 Å². The lowest BCUT2D eigenvalue weighted by Crippen LogP contribution is -2.25. The molecule has 0 aromatic carbocycles. The Balaban J connectivity index is 2.40. The summed E-state index contributed by atoms with van der Waals surface area (Å²) in [4.78, 5) is 0. The van der Waals surface area contributed by atoms with E-state index in [1.54, 1.807) is 0 Å². The second kappa shape index (κ2) is 4.04. The predicted octanol–water partition coefficient (Wildman–Crippen LogP) is 1.52. The molecule has 0 saturated carbocycles. The van der Waals surface area contributed by atoms with Gasteiger partial charge in [-0.25, -0.2) is 0 Å². The van der Waals surface area contributed by atoms with Gasteiger partial charge in [-0.1, -0.05) is 0 Å². The Morgan fingerprint density at radius 2 is 2.12 bits per heavy atom. The summed E-state index contributed by atoms with van der Waals surface area (Å²) >= 11 is 0. The third-order valence-electron chi connectivity index (χ3n) is 2.82. The first kappa shape index (κ1) is 11.4. The zero-order valence-corrected chi connectivity index (χ0v) is 8.67. The fourth-order valence-electron chi connectivity index (χ4n) is 2.16. The molecule has 0 fully saturated rings. The summed E-state index contributed by atoms with van der Waals surface area (Å²) in [5.74, 6) is -0.460. The van der Waals surface area contributed by atoms with E-state index in [1.165, 1.54) is 4.57 Å². The molecule has 90 valence electrons. The van der Waals surface area contributed by atoms with Crippen molar-refractivity contribution in [1.82, 2.24) is 14.8 Å². The molecule has 1 aromatic heterocycles. The van der Waals surface area contributed by atoms with Crippen LogP contribution in [-0.2, 0) is 12.6 Å². The minimum Gasteiger partial charge on any atom is -0.330 e. The number of aryl methyl sites for hydroxylation is 1. The van der Waals surface area contributed by atoms with Crippen molar-refractivity contribution in [3.8, 4) is 0 Å². The molecule has 0 amide bonds. The van der Waals surface area contributed by atoms with Gasteiger partial charge in [-0.2, -0.15) is 13.2 Å². The Labute approximate surface area is 90.6 Å². The van der Waals surface area contributed by atoms with E-state index < -0.39 is 12.0 Å². The minimum atomic E-state index is -4.44. The maximum Gasteiger partial charge on any atom is 0.451 e. The average Bonchev–Trinajstić information content (AvgIpc) is 2.62. The van der Waals surface area contributed by atoms with Crippen LogP contribution in [-0.4, -0.2) is 21.3 Å². The zero-order chi connectivity index (χ0) is 11.8. The maximum atomic E-state index is 12.7. The predicted molar refractivity (Wildman–Crippen MR) is 50.7 cm³/mol. The molecule has 4 nitrogen and oxygen atoms in total. The second-order valence-electron chi connectivity index (χ2n) is 3.93. The summed E-state index contributed by atoms with van der Waals surface area (Å²) < 4.78 is 39.2. The molecule has 0 spiro atoms. The van der Waals surface area contributed by atoms with Crippen LogP contribution >= 0.6 is 0 Å². The number of nitrogens with zero attached hydrogens (tertiary/aromatic N) is 3. The van der Waals surface area contributed by atoms with Gasteiger partial charge in [0, 0.05) is 12.5 Å². The molecule has 1 unspecified atom stereocenters. The molecule has 16 heavy (non-hydrogen) atoms. The minimum absolute atomic E-state index is 0.208. The van der Waals surface area contributed by atoms with Crippen LogP contribution in [0.25, 0.3) is 0 Å². The van der Waals surface area contributed by atoms with Crippen molar-refractivity contribution >= 4 is 0 Å². The molecule has 1 aliphatic heterocycles. The number of hydrogen-bond acceptors (Lipinski definition) is 3. The molecule has 2 heterocycles. The number of aromatic nitrogens is 3. The number of hydrogen-bond donors (Lipinski definition) is 1. The van der Waals surface area contributed by atoms with Crippen molar-refractivity contribution in [1.29, 1.82) is 0 Å². The van der Waals surface area contributed by atoms with Crippen LogP contribution in [0.1, 0.15) is 37.0 Å². The van der Waals surface area contributed by atoms with Crippen LogP contribution in [0.3, 0.4) is 0 Å². The van der Waals surface area contributed by atoms with Gasteiger partial charge < -0.3 is 10.3 Å². The van der Waals surface area contributed by atoms with Crippen molar-refractivity contribution < 1.29 is 13.2 Å². The van der Waals surface area contributed by atoms with Crippen LogP contribution in [0.5, 0.6) is 0 Å². The molecule has 2 N–H and O–H groups in total. The van der Waals surface area contributed by atoms with E-state index in [9.17, 15) is 13.2 Å². The van der Waals surface area contributed by atoms with E-state index in [2.05, 4.69) is 10.2 Å². The van der Waals surface area contributed by atoms with E-state index in [4.69, 9.17) is 5.73 Å². The number of halogens is 3. The lowest BCUT2D eigenvalue weighted by atomic mass is 10.0. The Kier molecular flexibility index (Phi) is 2.88. The van der Waals surface area contributed by atoms with E-state index in [0.29, 0.717) is 31.6 Å². The summed E-state index contributed by atoms with van der Waals surface area (Å²) in [6.45, 7) is 0.375. The van der Waals surface area contributed by atoms with E-state index in [1.807, 2.05) is 0 Å². The molecular formula is C9H13F3N4. The van der Waals surface area contributed by atoms with E-state index >= 15 is 0 Å². The molecule has 7 heteroatoms. The highest BCUT2D eigenvalue weighted by atomic mass is 19.4. The van der Waals surface area contributed by atoms with Crippen LogP contribution < -0.4 is 5.73 Å². The Morgan fingerprint density at radius 1 is 1.38 bits per heavy atom. The third-order valence-corrected chi connectivity index (χ3v) is 2.82.